The summed E-state index contributed by atoms with van der Waals surface area (Å²) in [4.78, 5) is 14.1. The molecular formula is C17H26FN3O2. The van der Waals surface area contributed by atoms with Crippen LogP contribution in [-0.2, 0) is 5.60 Å². The van der Waals surface area contributed by atoms with E-state index < -0.39 is 5.60 Å². The molecule has 1 aliphatic carbocycles. The Morgan fingerprint density at radius 1 is 1.39 bits per heavy atom. The molecule has 1 fully saturated rings. The van der Waals surface area contributed by atoms with Crippen molar-refractivity contribution in [3.8, 4) is 0 Å². The molecule has 6 heteroatoms. The van der Waals surface area contributed by atoms with Crippen molar-refractivity contribution >= 4 is 6.03 Å². The number of likely N-dealkylation sites (N-methyl/N-ethyl adjacent to an activating group) is 1. The van der Waals surface area contributed by atoms with Gasteiger partial charge >= 0.3 is 6.03 Å². The third-order valence-corrected chi connectivity index (χ3v) is 4.44. The Bertz CT molecular complexity index is 529. The minimum Gasteiger partial charge on any atom is -0.384 e. The number of carbonyl (C=O) groups excluding carboxylic acids is 1. The largest absolute Gasteiger partial charge is 0.384 e. The first-order valence-electron chi connectivity index (χ1n) is 8.01. The first-order valence-corrected chi connectivity index (χ1v) is 8.01. The molecule has 1 aliphatic rings. The van der Waals surface area contributed by atoms with Crippen LogP contribution in [0.1, 0.15) is 32.3 Å². The van der Waals surface area contributed by atoms with E-state index in [1.54, 1.807) is 6.92 Å². The average Bonchev–Trinajstić information content (AvgIpc) is 3.35. The molecule has 5 nitrogen and oxygen atoms in total. The molecule has 3 N–H and O–H groups in total. The number of amides is 2. The molecule has 0 saturated heterocycles. The number of urea groups is 1. The van der Waals surface area contributed by atoms with Gasteiger partial charge in [0.05, 0.1) is 6.54 Å². The third-order valence-electron chi connectivity index (χ3n) is 4.44. The Kier molecular flexibility index (Phi) is 5.59. The summed E-state index contributed by atoms with van der Waals surface area (Å²) < 4.78 is 12.9. The van der Waals surface area contributed by atoms with Crippen LogP contribution in [0.15, 0.2) is 24.3 Å². The second-order valence-corrected chi connectivity index (χ2v) is 6.59. The van der Waals surface area contributed by atoms with Crippen molar-refractivity contribution < 1.29 is 14.3 Å². The number of halogens is 1. The van der Waals surface area contributed by atoms with Gasteiger partial charge in [0, 0.05) is 18.6 Å². The predicted octanol–water partition coefficient (Wildman–Crippen LogP) is 1.82. The summed E-state index contributed by atoms with van der Waals surface area (Å²) in [6.45, 7) is 4.27. The molecule has 1 aromatic rings. The number of benzene rings is 1. The van der Waals surface area contributed by atoms with Crippen molar-refractivity contribution in [1.82, 2.24) is 15.5 Å². The highest BCUT2D eigenvalue weighted by Gasteiger charge is 2.29. The normalized spacial score (nSPS) is 18.3. The molecule has 0 bridgehead atoms. The van der Waals surface area contributed by atoms with E-state index in [1.165, 1.54) is 37.1 Å². The standard InChI is InChI=1S/C17H26FN3O2/c1-12(21(3)15-8-9-15)10-19-16(22)20-11-17(2,23)13-4-6-14(18)7-5-13/h4-7,12,15,23H,8-11H2,1-3H3,(H2,19,20,22). The summed E-state index contributed by atoms with van der Waals surface area (Å²) in [5.74, 6) is -0.357. The lowest BCUT2D eigenvalue weighted by Gasteiger charge is -2.26. The number of aliphatic hydroxyl groups is 1. The number of carbonyl (C=O) groups is 1. The molecule has 128 valence electrons. The van der Waals surface area contributed by atoms with E-state index in [1.807, 2.05) is 0 Å². The van der Waals surface area contributed by atoms with Crippen molar-refractivity contribution in [2.45, 2.75) is 44.4 Å². The second-order valence-electron chi connectivity index (χ2n) is 6.59. The molecule has 2 amide bonds. The van der Waals surface area contributed by atoms with Gasteiger partial charge in [-0.3, -0.25) is 4.90 Å². The summed E-state index contributed by atoms with van der Waals surface area (Å²) in [6.07, 6.45) is 2.46. The zero-order chi connectivity index (χ0) is 17.0. The molecular weight excluding hydrogens is 297 g/mol. The Morgan fingerprint density at radius 3 is 2.57 bits per heavy atom. The highest BCUT2D eigenvalue weighted by Crippen LogP contribution is 2.26. The van der Waals surface area contributed by atoms with Gasteiger partial charge in [0.1, 0.15) is 11.4 Å². The Hall–Kier alpha value is -1.66. The third kappa shape index (κ3) is 5.18. The Balaban J connectivity index is 1.75. The van der Waals surface area contributed by atoms with Crippen LogP contribution in [0.2, 0.25) is 0 Å². The first kappa shape index (κ1) is 17.7. The maximum atomic E-state index is 12.9. The number of nitrogens with one attached hydrogen (secondary N) is 2. The van der Waals surface area contributed by atoms with E-state index in [4.69, 9.17) is 0 Å². The number of rotatable bonds is 7. The van der Waals surface area contributed by atoms with E-state index in [2.05, 4.69) is 29.5 Å². The van der Waals surface area contributed by atoms with Crippen LogP contribution in [0.25, 0.3) is 0 Å². The van der Waals surface area contributed by atoms with Gasteiger partial charge in [0.25, 0.3) is 0 Å². The maximum absolute atomic E-state index is 12.9. The minimum absolute atomic E-state index is 0.0529. The fourth-order valence-electron chi connectivity index (χ4n) is 2.45. The summed E-state index contributed by atoms with van der Waals surface area (Å²) in [7, 11) is 2.07. The molecule has 2 rings (SSSR count). The van der Waals surface area contributed by atoms with Gasteiger partial charge < -0.3 is 15.7 Å². The van der Waals surface area contributed by atoms with Crippen molar-refractivity contribution in [1.29, 1.82) is 0 Å². The molecule has 23 heavy (non-hydrogen) atoms. The highest BCUT2D eigenvalue weighted by atomic mass is 19.1. The smallest absolute Gasteiger partial charge is 0.314 e. The lowest BCUT2D eigenvalue weighted by molar-refractivity contribution is 0.0592. The van der Waals surface area contributed by atoms with Crippen LogP contribution in [0.5, 0.6) is 0 Å². The van der Waals surface area contributed by atoms with Crippen LogP contribution >= 0.6 is 0 Å². The van der Waals surface area contributed by atoms with E-state index in [0.717, 1.165) is 0 Å². The summed E-state index contributed by atoms with van der Waals surface area (Å²) in [5.41, 5.74) is -0.692. The molecule has 0 heterocycles. The quantitative estimate of drug-likeness (QED) is 0.717. The van der Waals surface area contributed by atoms with Crippen LogP contribution < -0.4 is 10.6 Å². The van der Waals surface area contributed by atoms with Crippen LogP contribution in [0.4, 0.5) is 9.18 Å². The van der Waals surface area contributed by atoms with Crippen molar-refractivity contribution in [3.05, 3.63) is 35.6 Å². The lowest BCUT2D eigenvalue weighted by Crippen LogP contribution is -2.47. The first-order chi connectivity index (χ1) is 10.8. The number of hydrogen-bond donors (Lipinski definition) is 3. The molecule has 0 radical (unpaired) electrons. The van der Waals surface area contributed by atoms with E-state index >= 15 is 0 Å². The van der Waals surface area contributed by atoms with E-state index in [9.17, 15) is 14.3 Å². The van der Waals surface area contributed by atoms with Gasteiger partial charge in [0.2, 0.25) is 0 Å². The van der Waals surface area contributed by atoms with Crippen LogP contribution in [0.3, 0.4) is 0 Å². The summed E-state index contributed by atoms with van der Waals surface area (Å²) in [5, 5.41) is 15.9. The molecule has 0 aliphatic heterocycles. The van der Waals surface area contributed by atoms with Gasteiger partial charge in [-0.05, 0) is 51.4 Å². The maximum Gasteiger partial charge on any atom is 0.314 e. The van der Waals surface area contributed by atoms with Gasteiger partial charge in [-0.1, -0.05) is 12.1 Å². The van der Waals surface area contributed by atoms with Crippen LogP contribution in [0, 0.1) is 5.82 Å². The van der Waals surface area contributed by atoms with Crippen molar-refractivity contribution in [2.75, 3.05) is 20.1 Å². The molecule has 2 unspecified atom stereocenters. The lowest BCUT2D eigenvalue weighted by atomic mass is 9.96. The highest BCUT2D eigenvalue weighted by molar-refractivity contribution is 5.73. The Labute approximate surface area is 136 Å². The Morgan fingerprint density at radius 2 is 2.00 bits per heavy atom. The van der Waals surface area contributed by atoms with Gasteiger partial charge in [-0.25, -0.2) is 9.18 Å². The SMILES string of the molecule is CC(CNC(=O)NCC(C)(O)c1ccc(F)cc1)N(C)C1CC1. The number of nitrogens with zero attached hydrogens (tertiary/aromatic N) is 1. The monoisotopic (exact) mass is 323 g/mol. The van der Waals surface area contributed by atoms with E-state index in [0.29, 0.717) is 18.2 Å². The zero-order valence-electron chi connectivity index (χ0n) is 14.0. The number of hydrogen-bond acceptors (Lipinski definition) is 3. The fraction of sp³-hybridized carbons (Fsp3) is 0.588. The zero-order valence-corrected chi connectivity index (χ0v) is 14.0. The molecule has 0 spiro atoms. The van der Waals surface area contributed by atoms with Gasteiger partial charge in [0.15, 0.2) is 0 Å². The molecule has 1 aromatic carbocycles. The van der Waals surface area contributed by atoms with Gasteiger partial charge in [-0.15, -0.1) is 0 Å². The topological polar surface area (TPSA) is 64.6 Å². The summed E-state index contributed by atoms with van der Waals surface area (Å²) in [6, 6.07) is 6.21. The van der Waals surface area contributed by atoms with Crippen LogP contribution in [-0.4, -0.2) is 48.3 Å². The summed E-state index contributed by atoms with van der Waals surface area (Å²) >= 11 is 0. The minimum atomic E-state index is -1.25. The molecule has 2 atom stereocenters. The predicted molar refractivity (Wildman–Crippen MR) is 87.6 cm³/mol. The van der Waals surface area contributed by atoms with Crippen molar-refractivity contribution in [3.63, 3.8) is 0 Å². The van der Waals surface area contributed by atoms with E-state index in [-0.39, 0.29) is 24.4 Å². The second kappa shape index (κ2) is 7.27. The molecule has 0 aromatic heterocycles. The molecule has 1 saturated carbocycles. The fourth-order valence-corrected chi connectivity index (χ4v) is 2.45. The average molecular weight is 323 g/mol. The van der Waals surface area contributed by atoms with Crippen molar-refractivity contribution in [2.24, 2.45) is 0 Å². The van der Waals surface area contributed by atoms with Gasteiger partial charge in [-0.2, -0.15) is 0 Å².